The van der Waals surface area contributed by atoms with E-state index in [2.05, 4.69) is 5.32 Å². The molecule has 3 nitrogen and oxygen atoms in total. The van der Waals surface area contributed by atoms with Crippen molar-refractivity contribution < 1.29 is 13.9 Å². The van der Waals surface area contributed by atoms with Gasteiger partial charge in [0, 0.05) is 14.2 Å². The van der Waals surface area contributed by atoms with Crippen molar-refractivity contribution in [3.05, 3.63) is 29.0 Å². The molecule has 1 aromatic rings. The Morgan fingerprint density at radius 1 is 1.40 bits per heavy atom. The summed E-state index contributed by atoms with van der Waals surface area (Å²) in [4.78, 5) is 0. The number of nitrogens with one attached hydrogen (secondary N) is 1. The molecule has 0 aromatic heterocycles. The number of anilines is 1. The van der Waals surface area contributed by atoms with Gasteiger partial charge in [0.05, 0.1) is 17.3 Å². The molecule has 0 bridgehead atoms. The molecule has 1 aromatic carbocycles. The molecule has 0 radical (unpaired) electrons. The van der Waals surface area contributed by atoms with Crippen LogP contribution in [0.15, 0.2) is 18.2 Å². The fourth-order valence-electron chi connectivity index (χ4n) is 1.09. The molecule has 0 saturated carbocycles. The molecule has 0 aliphatic heterocycles. The maximum Gasteiger partial charge on any atom is 0.173 e. The van der Waals surface area contributed by atoms with Crippen molar-refractivity contribution in [2.24, 2.45) is 0 Å². The van der Waals surface area contributed by atoms with Crippen LogP contribution in [-0.4, -0.2) is 27.1 Å². The number of rotatable bonds is 5. The van der Waals surface area contributed by atoms with E-state index in [0.717, 1.165) is 0 Å². The molecule has 0 spiro atoms. The van der Waals surface area contributed by atoms with Gasteiger partial charge in [-0.3, -0.25) is 0 Å². The predicted molar refractivity (Wildman–Crippen MR) is 57.7 cm³/mol. The van der Waals surface area contributed by atoms with Gasteiger partial charge in [-0.15, -0.1) is 0 Å². The lowest BCUT2D eigenvalue weighted by atomic mass is 10.3. The third kappa shape index (κ3) is 3.66. The summed E-state index contributed by atoms with van der Waals surface area (Å²) in [6, 6.07) is 4.12. The lowest BCUT2D eigenvalue weighted by molar-refractivity contribution is -0.0914. The first kappa shape index (κ1) is 12.2. The quantitative estimate of drug-likeness (QED) is 0.793. The van der Waals surface area contributed by atoms with E-state index in [1.54, 1.807) is 0 Å². The molecule has 0 atom stereocenters. The standard InChI is InChI=1S/C10H13ClFNO2/c1-14-10(15-2)6-13-9-5-7(12)3-4-8(9)11/h3-5,10,13H,6H2,1-2H3. The molecule has 84 valence electrons. The first-order valence-electron chi connectivity index (χ1n) is 4.42. The highest BCUT2D eigenvalue weighted by Gasteiger charge is 2.06. The molecule has 5 heteroatoms. The minimum atomic E-state index is -0.385. The summed E-state index contributed by atoms with van der Waals surface area (Å²) in [7, 11) is 3.06. The van der Waals surface area contributed by atoms with Crippen LogP contribution >= 0.6 is 11.6 Å². The zero-order valence-corrected chi connectivity index (χ0v) is 9.34. The molecule has 0 unspecified atom stereocenters. The third-order valence-corrected chi connectivity index (χ3v) is 2.24. The molecule has 1 rings (SSSR count). The van der Waals surface area contributed by atoms with Gasteiger partial charge in [0.25, 0.3) is 0 Å². The summed E-state index contributed by atoms with van der Waals surface area (Å²) in [5, 5.41) is 3.39. The molecule has 1 N–H and O–H groups in total. The van der Waals surface area contributed by atoms with Crippen LogP contribution in [0.4, 0.5) is 10.1 Å². The molecular weight excluding hydrogens is 221 g/mol. The Labute approximate surface area is 93.1 Å². The number of hydrogen-bond acceptors (Lipinski definition) is 3. The number of ether oxygens (including phenoxy) is 2. The zero-order chi connectivity index (χ0) is 11.3. The fourth-order valence-corrected chi connectivity index (χ4v) is 1.27. The third-order valence-electron chi connectivity index (χ3n) is 1.91. The van der Waals surface area contributed by atoms with E-state index in [1.807, 2.05) is 0 Å². The van der Waals surface area contributed by atoms with Gasteiger partial charge in [-0.05, 0) is 18.2 Å². The van der Waals surface area contributed by atoms with Crippen LogP contribution in [0, 0.1) is 5.82 Å². The van der Waals surface area contributed by atoms with Crippen LogP contribution in [0.2, 0.25) is 5.02 Å². The van der Waals surface area contributed by atoms with E-state index in [0.29, 0.717) is 17.3 Å². The van der Waals surface area contributed by atoms with Crippen LogP contribution in [0.5, 0.6) is 0 Å². The highest BCUT2D eigenvalue weighted by molar-refractivity contribution is 6.33. The topological polar surface area (TPSA) is 30.5 Å². The molecule has 15 heavy (non-hydrogen) atoms. The minimum Gasteiger partial charge on any atom is -0.379 e. The van der Waals surface area contributed by atoms with Crippen molar-refractivity contribution in [2.45, 2.75) is 6.29 Å². The Balaban J connectivity index is 2.60. The highest BCUT2D eigenvalue weighted by Crippen LogP contribution is 2.22. The Morgan fingerprint density at radius 3 is 2.67 bits per heavy atom. The van der Waals surface area contributed by atoms with E-state index < -0.39 is 0 Å². The second kappa shape index (κ2) is 5.90. The van der Waals surface area contributed by atoms with Crippen molar-refractivity contribution in [1.82, 2.24) is 0 Å². The van der Waals surface area contributed by atoms with Gasteiger partial charge < -0.3 is 14.8 Å². The molecular formula is C10H13ClFNO2. The number of benzene rings is 1. The van der Waals surface area contributed by atoms with Gasteiger partial charge in [-0.25, -0.2) is 4.39 Å². The predicted octanol–water partition coefficient (Wildman–Crippen LogP) is 2.51. The van der Waals surface area contributed by atoms with Gasteiger partial charge in [0.1, 0.15) is 5.82 Å². The van der Waals surface area contributed by atoms with Crippen LogP contribution in [0.25, 0.3) is 0 Å². The second-order valence-corrected chi connectivity index (χ2v) is 3.31. The first-order chi connectivity index (χ1) is 7.17. The molecule has 0 fully saturated rings. The SMILES string of the molecule is COC(CNc1cc(F)ccc1Cl)OC. The van der Waals surface area contributed by atoms with Gasteiger partial charge in [-0.2, -0.15) is 0 Å². The summed E-state index contributed by atoms with van der Waals surface area (Å²) >= 11 is 5.86. The lowest BCUT2D eigenvalue weighted by Crippen LogP contribution is -2.23. The average molecular weight is 234 g/mol. The van der Waals surface area contributed by atoms with E-state index >= 15 is 0 Å². The molecule has 0 amide bonds. The fraction of sp³-hybridized carbons (Fsp3) is 0.400. The lowest BCUT2D eigenvalue weighted by Gasteiger charge is -2.15. The van der Waals surface area contributed by atoms with Gasteiger partial charge in [-0.1, -0.05) is 11.6 Å². The summed E-state index contributed by atoms with van der Waals surface area (Å²) in [5.74, 6) is -0.340. The van der Waals surface area contributed by atoms with Crippen molar-refractivity contribution in [2.75, 3.05) is 26.1 Å². The van der Waals surface area contributed by atoms with Gasteiger partial charge in [0.2, 0.25) is 0 Å². The first-order valence-corrected chi connectivity index (χ1v) is 4.79. The van der Waals surface area contributed by atoms with Crippen LogP contribution in [0.1, 0.15) is 0 Å². The molecule has 0 saturated heterocycles. The maximum atomic E-state index is 12.9. The van der Waals surface area contributed by atoms with Crippen LogP contribution < -0.4 is 5.32 Å². The van der Waals surface area contributed by atoms with Crippen LogP contribution in [-0.2, 0) is 9.47 Å². The van der Waals surface area contributed by atoms with Crippen molar-refractivity contribution in [3.8, 4) is 0 Å². The largest absolute Gasteiger partial charge is 0.379 e. The monoisotopic (exact) mass is 233 g/mol. The van der Waals surface area contributed by atoms with Crippen LogP contribution in [0.3, 0.4) is 0 Å². The minimum absolute atomic E-state index is 0.340. The summed E-state index contributed by atoms with van der Waals surface area (Å²) in [5.41, 5.74) is 0.524. The van der Waals surface area contributed by atoms with Gasteiger partial charge >= 0.3 is 0 Å². The molecule has 0 aliphatic carbocycles. The smallest absolute Gasteiger partial charge is 0.173 e. The Morgan fingerprint density at radius 2 is 2.07 bits per heavy atom. The zero-order valence-electron chi connectivity index (χ0n) is 8.59. The van der Waals surface area contributed by atoms with E-state index in [1.165, 1.54) is 32.4 Å². The molecule has 0 aliphatic rings. The summed E-state index contributed by atoms with van der Waals surface area (Å²) in [6.07, 6.45) is -0.385. The number of halogens is 2. The Hall–Kier alpha value is -0.840. The Bertz CT molecular complexity index is 318. The summed E-state index contributed by atoms with van der Waals surface area (Å²) in [6.45, 7) is 0.399. The van der Waals surface area contributed by atoms with Crippen molar-refractivity contribution in [3.63, 3.8) is 0 Å². The van der Waals surface area contributed by atoms with Crippen molar-refractivity contribution >= 4 is 17.3 Å². The molecule has 0 heterocycles. The maximum absolute atomic E-state index is 12.9. The number of hydrogen-bond donors (Lipinski definition) is 1. The van der Waals surface area contributed by atoms with E-state index in [4.69, 9.17) is 21.1 Å². The van der Waals surface area contributed by atoms with Crippen molar-refractivity contribution in [1.29, 1.82) is 0 Å². The second-order valence-electron chi connectivity index (χ2n) is 2.91. The highest BCUT2D eigenvalue weighted by atomic mass is 35.5. The van der Waals surface area contributed by atoms with E-state index in [9.17, 15) is 4.39 Å². The summed E-state index contributed by atoms with van der Waals surface area (Å²) < 4.78 is 22.8. The normalized spacial score (nSPS) is 10.7. The van der Waals surface area contributed by atoms with E-state index in [-0.39, 0.29) is 12.1 Å². The average Bonchev–Trinajstić information content (AvgIpc) is 2.24. The number of methoxy groups -OCH3 is 2. The van der Waals surface area contributed by atoms with Gasteiger partial charge in [0.15, 0.2) is 6.29 Å². The Kier molecular flexibility index (Phi) is 4.81.